The van der Waals surface area contributed by atoms with Crippen molar-refractivity contribution < 1.29 is 8.85 Å². The second kappa shape index (κ2) is 15.1. The lowest BCUT2D eigenvalue weighted by atomic mass is 10.7. The van der Waals surface area contributed by atoms with E-state index in [-0.39, 0.29) is 0 Å². The summed E-state index contributed by atoms with van der Waals surface area (Å²) in [5, 5.41) is 14.5. The Bertz CT molecular complexity index is 226. The van der Waals surface area contributed by atoms with Crippen LogP contribution in [0.5, 0.6) is 0 Å². The topological polar surface area (TPSA) is 79.1 Å². The van der Waals surface area contributed by atoms with Crippen molar-refractivity contribution in [3.63, 3.8) is 0 Å². The molecular formula is C12H34N6O2Si. The van der Waals surface area contributed by atoms with Gasteiger partial charge in [0, 0.05) is 70.6 Å². The Morgan fingerprint density at radius 3 is 0.810 bits per heavy atom. The normalized spacial score (nSPS) is 8.48. The Kier molecular flexibility index (Phi) is 17.7. The number of hydrogen-bond acceptors (Lipinski definition) is 4. The van der Waals surface area contributed by atoms with Gasteiger partial charge in [-0.2, -0.15) is 0 Å². The third-order valence-corrected chi connectivity index (χ3v) is 2.40. The van der Waals surface area contributed by atoms with E-state index in [0.717, 1.165) is 0 Å². The van der Waals surface area contributed by atoms with E-state index < -0.39 is 10.0 Å². The van der Waals surface area contributed by atoms with Crippen LogP contribution in [0.2, 0.25) is 0 Å². The first-order valence-corrected chi connectivity index (χ1v) is 7.52. The maximum Gasteiger partial charge on any atom is 0.303 e. The summed E-state index contributed by atoms with van der Waals surface area (Å²) in [6.45, 7) is 0. The monoisotopic (exact) mass is 322 g/mol. The minimum absolute atomic E-state index is 0.519. The predicted octanol–water partition coefficient (Wildman–Crippen LogP) is -0.633. The van der Waals surface area contributed by atoms with Gasteiger partial charge in [0.05, 0.1) is 0 Å². The summed E-state index contributed by atoms with van der Waals surface area (Å²) in [6, 6.07) is 0. The van der Waals surface area contributed by atoms with Gasteiger partial charge in [-0.1, -0.05) is 0 Å². The van der Waals surface area contributed by atoms with Crippen LogP contribution in [-0.2, 0) is 8.85 Å². The zero-order valence-electron chi connectivity index (χ0n) is 15.3. The third-order valence-electron chi connectivity index (χ3n) is 1.93. The van der Waals surface area contributed by atoms with E-state index in [1.54, 1.807) is 33.8 Å². The first kappa shape index (κ1) is 24.7. The molecule has 9 heteroatoms. The van der Waals surface area contributed by atoms with Crippen molar-refractivity contribution in [3.8, 4) is 0 Å². The molecule has 0 aliphatic carbocycles. The quantitative estimate of drug-likeness (QED) is 0.400. The Morgan fingerprint density at radius 2 is 0.810 bits per heavy atom. The number of rotatable bonds is 2. The van der Waals surface area contributed by atoms with Crippen LogP contribution in [0.25, 0.3) is 0 Å². The predicted molar refractivity (Wildman–Crippen MR) is 92.8 cm³/mol. The number of nitrogens with zero attached hydrogens (tertiary/aromatic N) is 4. The van der Waals surface area contributed by atoms with Crippen LogP contribution in [0.3, 0.4) is 0 Å². The molecule has 0 saturated carbocycles. The fourth-order valence-corrected chi connectivity index (χ4v) is 1.15. The Labute approximate surface area is 132 Å². The Morgan fingerprint density at radius 1 is 0.619 bits per heavy atom. The lowest BCUT2D eigenvalue weighted by molar-refractivity contribution is 0.309. The molecule has 0 unspecified atom stereocenters. The molecule has 0 heterocycles. The highest BCUT2D eigenvalue weighted by molar-refractivity contribution is 6.17. The zero-order valence-corrected chi connectivity index (χ0v) is 16.7. The molecule has 0 saturated heterocycles. The second-order valence-corrected chi connectivity index (χ2v) is 6.31. The molecule has 0 aromatic rings. The van der Waals surface area contributed by atoms with Crippen molar-refractivity contribution in [1.29, 1.82) is 10.8 Å². The van der Waals surface area contributed by atoms with Crippen molar-refractivity contribution in [1.82, 2.24) is 19.6 Å². The summed E-state index contributed by atoms with van der Waals surface area (Å²) >= 11 is 0. The van der Waals surface area contributed by atoms with Crippen molar-refractivity contribution in [2.24, 2.45) is 0 Å². The molecule has 0 fully saturated rings. The Balaban J connectivity index is -0.000000239. The standard InChI is InChI=1S/2C5H13N3.C2H8O2Si/c2*1-7(2)5(6)8(3)4;1-3-5-4-2/h2*6H,1-4H3;5H2,1-2H3. The van der Waals surface area contributed by atoms with Gasteiger partial charge in [0.25, 0.3) is 0 Å². The number of nitrogens with one attached hydrogen (secondary N) is 2. The van der Waals surface area contributed by atoms with Gasteiger partial charge in [-0.15, -0.1) is 0 Å². The minimum Gasteiger partial charge on any atom is -0.402 e. The summed E-state index contributed by atoms with van der Waals surface area (Å²) in [5.41, 5.74) is 0. The summed E-state index contributed by atoms with van der Waals surface area (Å²) in [7, 11) is 17.5. The van der Waals surface area contributed by atoms with Crippen molar-refractivity contribution in [2.75, 3.05) is 70.6 Å². The smallest absolute Gasteiger partial charge is 0.303 e. The molecule has 0 atom stereocenters. The molecule has 0 aromatic heterocycles. The van der Waals surface area contributed by atoms with Crippen molar-refractivity contribution in [2.45, 2.75) is 0 Å². The van der Waals surface area contributed by atoms with E-state index in [4.69, 9.17) is 10.8 Å². The van der Waals surface area contributed by atoms with Crippen LogP contribution in [-0.4, -0.2) is 112 Å². The van der Waals surface area contributed by atoms with Gasteiger partial charge in [0.15, 0.2) is 11.9 Å². The van der Waals surface area contributed by atoms with Gasteiger partial charge in [0.1, 0.15) is 0 Å². The van der Waals surface area contributed by atoms with Gasteiger partial charge >= 0.3 is 10.0 Å². The van der Waals surface area contributed by atoms with Crippen LogP contribution in [0.15, 0.2) is 0 Å². The molecule has 2 N–H and O–H groups in total. The lowest BCUT2D eigenvalue weighted by Gasteiger charge is -2.19. The molecule has 0 radical (unpaired) electrons. The SMILES string of the molecule is CN(C)C(=N)N(C)C.CN(C)C(=N)N(C)C.CO[SiH2]OC. The molecule has 0 aliphatic heterocycles. The molecule has 8 nitrogen and oxygen atoms in total. The first-order chi connectivity index (χ1) is 9.52. The number of hydrogen-bond donors (Lipinski definition) is 2. The molecule has 0 spiro atoms. The van der Waals surface area contributed by atoms with Crippen LogP contribution < -0.4 is 0 Å². The second-order valence-electron chi connectivity index (χ2n) is 4.92. The molecule has 0 aromatic carbocycles. The third kappa shape index (κ3) is 18.7. The first-order valence-electron chi connectivity index (χ1n) is 6.37. The van der Waals surface area contributed by atoms with Crippen LogP contribution >= 0.6 is 0 Å². The molecule has 0 amide bonds. The van der Waals surface area contributed by atoms with Gasteiger partial charge in [-0.3, -0.25) is 10.8 Å². The summed E-state index contributed by atoms with van der Waals surface area (Å²) in [5.74, 6) is 1.04. The lowest BCUT2D eigenvalue weighted by Crippen LogP contribution is -2.34. The van der Waals surface area contributed by atoms with Gasteiger partial charge in [0.2, 0.25) is 0 Å². The van der Waals surface area contributed by atoms with Gasteiger partial charge in [-0.25, -0.2) is 0 Å². The molecular weight excluding hydrogens is 288 g/mol. The average Bonchev–Trinajstić information content (AvgIpc) is 2.38. The van der Waals surface area contributed by atoms with Crippen LogP contribution in [0.1, 0.15) is 0 Å². The maximum absolute atomic E-state index is 7.25. The fraction of sp³-hybridized carbons (Fsp3) is 0.833. The van der Waals surface area contributed by atoms with E-state index >= 15 is 0 Å². The maximum atomic E-state index is 7.25. The molecule has 0 aliphatic rings. The van der Waals surface area contributed by atoms with E-state index in [1.165, 1.54) is 0 Å². The van der Waals surface area contributed by atoms with Crippen molar-refractivity contribution in [3.05, 3.63) is 0 Å². The summed E-state index contributed by atoms with van der Waals surface area (Å²) < 4.78 is 9.22. The Hall–Kier alpha value is -1.32. The molecule has 0 bridgehead atoms. The van der Waals surface area contributed by atoms with Crippen LogP contribution in [0.4, 0.5) is 0 Å². The van der Waals surface area contributed by atoms with Gasteiger partial charge in [-0.05, 0) is 0 Å². The minimum atomic E-state index is -0.568. The molecule has 128 valence electrons. The van der Waals surface area contributed by atoms with Gasteiger partial charge < -0.3 is 28.5 Å². The largest absolute Gasteiger partial charge is 0.402 e. The van der Waals surface area contributed by atoms with E-state index in [9.17, 15) is 0 Å². The average molecular weight is 323 g/mol. The highest BCUT2D eigenvalue weighted by Crippen LogP contribution is 1.81. The molecule has 0 rings (SSSR count). The highest BCUT2D eigenvalue weighted by Gasteiger charge is 1.98. The van der Waals surface area contributed by atoms with E-state index in [0.29, 0.717) is 11.9 Å². The summed E-state index contributed by atoms with van der Waals surface area (Å²) in [4.78, 5) is 7.00. The zero-order chi connectivity index (χ0) is 17.6. The van der Waals surface area contributed by atoms with Crippen LogP contribution in [0, 0.1) is 10.8 Å². The van der Waals surface area contributed by atoms with Crippen molar-refractivity contribution >= 4 is 21.9 Å². The molecule has 21 heavy (non-hydrogen) atoms. The fourth-order valence-electron chi connectivity index (χ4n) is 0.918. The summed E-state index contributed by atoms with van der Waals surface area (Å²) in [6.07, 6.45) is 0. The van der Waals surface area contributed by atoms with E-state index in [1.807, 2.05) is 56.4 Å². The van der Waals surface area contributed by atoms with E-state index in [2.05, 4.69) is 8.85 Å². The highest BCUT2D eigenvalue weighted by atomic mass is 28.3. The number of guanidine groups is 2.